The number of ether oxygens (including phenoxy) is 2. The van der Waals surface area contributed by atoms with Crippen LogP contribution in [-0.2, 0) is 19.1 Å². The van der Waals surface area contributed by atoms with Crippen molar-refractivity contribution >= 4 is 11.9 Å². The molecule has 92 valence electrons. The van der Waals surface area contributed by atoms with Gasteiger partial charge in [-0.1, -0.05) is 6.92 Å². The van der Waals surface area contributed by atoms with E-state index in [1.807, 2.05) is 0 Å². The molecule has 0 radical (unpaired) electrons. The molecule has 0 amide bonds. The second-order valence-electron chi connectivity index (χ2n) is 3.02. The Bertz CT molecular complexity index is 270. The average Bonchev–Trinajstić information content (AvgIpc) is 2.25. The van der Waals surface area contributed by atoms with E-state index >= 15 is 0 Å². The highest BCUT2D eigenvalue weighted by molar-refractivity contribution is 5.95. The van der Waals surface area contributed by atoms with Gasteiger partial charge in [0.15, 0.2) is 0 Å². The third-order valence-corrected chi connectivity index (χ3v) is 2.00. The van der Waals surface area contributed by atoms with Crippen LogP contribution in [0.3, 0.4) is 0 Å². The van der Waals surface area contributed by atoms with E-state index in [4.69, 9.17) is 14.6 Å². The predicted molar refractivity (Wildman–Crippen MR) is 57.8 cm³/mol. The Morgan fingerprint density at radius 2 is 1.75 bits per heavy atom. The lowest BCUT2D eigenvalue weighted by Crippen LogP contribution is -2.24. The molecule has 0 saturated carbocycles. The van der Waals surface area contributed by atoms with Crippen molar-refractivity contribution in [3.05, 3.63) is 11.8 Å². The Morgan fingerprint density at radius 1 is 1.19 bits per heavy atom. The molecule has 16 heavy (non-hydrogen) atoms. The summed E-state index contributed by atoms with van der Waals surface area (Å²) in [7, 11) is 0. The van der Waals surface area contributed by atoms with Crippen LogP contribution < -0.4 is 0 Å². The summed E-state index contributed by atoms with van der Waals surface area (Å²) in [6.45, 7) is 5.48. The summed E-state index contributed by atoms with van der Waals surface area (Å²) in [6, 6.07) is 0. The molecule has 0 bridgehead atoms. The fourth-order valence-corrected chi connectivity index (χ4v) is 1.26. The van der Waals surface area contributed by atoms with Crippen molar-refractivity contribution in [3.63, 3.8) is 0 Å². The second-order valence-corrected chi connectivity index (χ2v) is 3.02. The molecular weight excluding hydrogens is 212 g/mol. The molecule has 0 aliphatic carbocycles. The summed E-state index contributed by atoms with van der Waals surface area (Å²) in [6.07, 6.45) is 0.979. The number of esters is 2. The second kappa shape index (κ2) is 7.73. The van der Waals surface area contributed by atoms with Crippen LogP contribution in [0.4, 0.5) is 0 Å². The van der Waals surface area contributed by atoms with Gasteiger partial charge in [0.2, 0.25) is 0 Å². The largest absolute Gasteiger partial charge is 0.515 e. The summed E-state index contributed by atoms with van der Waals surface area (Å²) < 4.78 is 9.54. The zero-order valence-electron chi connectivity index (χ0n) is 9.86. The van der Waals surface area contributed by atoms with Gasteiger partial charge >= 0.3 is 11.9 Å². The summed E-state index contributed by atoms with van der Waals surface area (Å²) >= 11 is 0. The SMILES string of the molecule is CCOC(=O)C(=CO)C(CC)C(=O)OCC. The number of carbonyl (C=O) groups excluding carboxylic acids is 2. The number of carbonyl (C=O) groups is 2. The van der Waals surface area contributed by atoms with Gasteiger partial charge in [0.25, 0.3) is 0 Å². The molecule has 1 N–H and O–H groups in total. The van der Waals surface area contributed by atoms with Crippen molar-refractivity contribution in [2.24, 2.45) is 5.92 Å². The van der Waals surface area contributed by atoms with Crippen molar-refractivity contribution in [1.29, 1.82) is 0 Å². The van der Waals surface area contributed by atoms with Crippen LogP contribution >= 0.6 is 0 Å². The molecule has 5 heteroatoms. The molecule has 0 heterocycles. The van der Waals surface area contributed by atoms with E-state index in [1.165, 1.54) is 0 Å². The van der Waals surface area contributed by atoms with Gasteiger partial charge < -0.3 is 14.6 Å². The summed E-state index contributed by atoms with van der Waals surface area (Å²) in [5.74, 6) is -1.99. The van der Waals surface area contributed by atoms with E-state index in [0.29, 0.717) is 12.7 Å². The molecule has 5 nitrogen and oxygen atoms in total. The molecule has 0 rings (SSSR count). The van der Waals surface area contributed by atoms with E-state index in [2.05, 4.69) is 0 Å². The van der Waals surface area contributed by atoms with Crippen molar-refractivity contribution in [3.8, 4) is 0 Å². The smallest absolute Gasteiger partial charge is 0.337 e. The maximum absolute atomic E-state index is 11.5. The Labute approximate surface area is 95.0 Å². The fraction of sp³-hybridized carbons (Fsp3) is 0.636. The minimum atomic E-state index is -0.774. The summed E-state index contributed by atoms with van der Waals surface area (Å²) in [5.41, 5.74) is -0.0669. The third kappa shape index (κ3) is 3.92. The zero-order chi connectivity index (χ0) is 12.6. The van der Waals surface area contributed by atoms with Crippen molar-refractivity contribution in [2.75, 3.05) is 13.2 Å². The fourth-order valence-electron chi connectivity index (χ4n) is 1.26. The molecular formula is C11H18O5. The molecule has 0 aromatic rings. The van der Waals surface area contributed by atoms with E-state index in [9.17, 15) is 9.59 Å². The average molecular weight is 230 g/mol. The van der Waals surface area contributed by atoms with Crippen molar-refractivity contribution in [1.82, 2.24) is 0 Å². The molecule has 0 aromatic carbocycles. The van der Waals surface area contributed by atoms with E-state index in [0.717, 1.165) is 0 Å². The van der Waals surface area contributed by atoms with Crippen LogP contribution in [0, 0.1) is 5.92 Å². The van der Waals surface area contributed by atoms with Crippen LogP contribution in [0.25, 0.3) is 0 Å². The number of hydrogen-bond acceptors (Lipinski definition) is 5. The van der Waals surface area contributed by atoms with Gasteiger partial charge in [-0.3, -0.25) is 4.79 Å². The molecule has 1 atom stereocenters. The quantitative estimate of drug-likeness (QED) is 0.426. The first-order valence-corrected chi connectivity index (χ1v) is 5.30. The monoisotopic (exact) mass is 230 g/mol. The highest BCUT2D eigenvalue weighted by Gasteiger charge is 2.28. The number of hydrogen-bond donors (Lipinski definition) is 1. The van der Waals surface area contributed by atoms with Gasteiger partial charge in [0.1, 0.15) is 0 Å². The van der Waals surface area contributed by atoms with Gasteiger partial charge in [-0.15, -0.1) is 0 Å². The Kier molecular flexibility index (Phi) is 7.00. The van der Waals surface area contributed by atoms with Crippen LogP contribution in [0.15, 0.2) is 11.8 Å². The Balaban J connectivity index is 4.77. The zero-order valence-corrected chi connectivity index (χ0v) is 9.86. The first-order valence-electron chi connectivity index (χ1n) is 5.30. The predicted octanol–water partition coefficient (Wildman–Crippen LogP) is 1.58. The van der Waals surface area contributed by atoms with Gasteiger partial charge in [-0.2, -0.15) is 0 Å². The van der Waals surface area contributed by atoms with Crippen LogP contribution in [-0.4, -0.2) is 30.3 Å². The van der Waals surface area contributed by atoms with Crippen LogP contribution in [0.5, 0.6) is 0 Å². The number of aliphatic hydroxyl groups excluding tert-OH is 1. The standard InChI is InChI=1S/C11H18O5/c1-4-8(10(13)15-5-2)9(7-12)11(14)16-6-3/h7-8,12H,4-6H2,1-3H3. The molecule has 1 unspecified atom stereocenters. The van der Waals surface area contributed by atoms with Crippen LogP contribution in [0.2, 0.25) is 0 Å². The normalized spacial score (nSPS) is 13.1. The lowest BCUT2D eigenvalue weighted by molar-refractivity contribution is -0.150. The number of rotatable bonds is 6. The molecule has 0 aliphatic heterocycles. The van der Waals surface area contributed by atoms with Gasteiger partial charge in [-0.05, 0) is 20.3 Å². The van der Waals surface area contributed by atoms with Crippen LogP contribution in [0.1, 0.15) is 27.2 Å². The maximum atomic E-state index is 11.5. The Morgan fingerprint density at radius 3 is 2.12 bits per heavy atom. The van der Waals surface area contributed by atoms with Gasteiger partial charge in [0.05, 0.1) is 31.0 Å². The lowest BCUT2D eigenvalue weighted by Gasteiger charge is -2.15. The van der Waals surface area contributed by atoms with E-state index in [1.54, 1.807) is 20.8 Å². The molecule has 0 saturated heterocycles. The first kappa shape index (κ1) is 14.5. The highest BCUT2D eigenvalue weighted by Crippen LogP contribution is 2.18. The molecule has 0 fully saturated rings. The minimum absolute atomic E-state index is 0.0669. The van der Waals surface area contributed by atoms with Gasteiger partial charge in [0, 0.05) is 0 Å². The summed E-state index contributed by atoms with van der Waals surface area (Å²) in [4.78, 5) is 22.9. The first-order chi connectivity index (χ1) is 7.62. The van der Waals surface area contributed by atoms with E-state index in [-0.39, 0.29) is 18.8 Å². The van der Waals surface area contributed by atoms with Gasteiger partial charge in [-0.25, -0.2) is 4.79 Å². The maximum Gasteiger partial charge on any atom is 0.337 e. The van der Waals surface area contributed by atoms with Crippen molar-refractivity contribution in [2.45, 2.75) is 27.2 Å². The molecule has 0 spiro atoms. The van der Waals surface area contributed by atoms with E-state index < -0.39 is 17.9 Å². The third-order valence-electron chi connectivity index (χ3n) is 2.00. The molecule has 0 aromatic heterocycles. The number of aliphatic hydroxyl groups is 1. The lowest BCUT2D eigenvalue weighted by atomic mass is 9.97. The summed E-state index contributed by atoms with van der Waals surface area (Å²) in [5, 5.41) is 8.97. The van der Waals surface area contributed by atoms with Crippen molar-refractivity contribution < 1.29 is 24.2 Å². The minimum Gasteiger partial charge on any atom is -0.515 e. The Hall–Kier alpha value is -1.52. The topological polar surface area (TPSA) is 72.8 Å². The molecule has 0 aliphatic rings. The highest BCUT2D eigenvalue weighted by atomic mass is 16.5.